The normalized spacial score (nSPS) is 15.3. The lowest BCUT2D eigenvalue weighted by atomic mass is 10.2. The number of aromatic nitrogens is 1. The highest BCUT2D eigenvalue weighted by Crippen LogP contribution is 2.15. The quantitative estimate of drug-likeness (QED) is 0.774. The number of amides is 1. The number of carbonyl (C=O) groups excluding carboxylic acids is 1. The minimum Gasteiger partial charge on any atom is -0.384 e. The highest BCUT2D eigenvalue weighted by atomic mass is 16.1. The van der Waals surface area contributed by atoms with E-state index < -0.39 is 0 Å². The highest BCUT2D eigenvalue weighted by Gasteiger charge is 2.16. The van der Waals surface area contributed by atoms with E-state index in [9.17, 15) is 4.79 Å². The van der Waals surface area contributed by atoms with Gasteiger partial charge in [-0.2, -0.15) is 0 Å². The van der Waals surface area contributed by atoms with Crippen molar-refractivity contribution >= 4 is 23.5 Å². The number of hydrogen-bond acceptors (Lipinski definition) is 5. The molecule has 1 aliphatic rings. The van der Waals surface area contributed by atoms with Crippen molar-refractivity contribution in [2.24, 2.45) is 0 Å². The maximum Gasteiger partial charge on any atom is 0.244 e. The molecule has 0 bridgehead atoms. The van der Waals surface area contributed by atoms with Crippen LogP contribution in [0.4, 0.5) is 11.5 Å². The van der Waals surface area contributed by atoms with Crippen LogP contribution in [0.2, 0.25) is 0 Å². The predicted molar refractivity (Wildman–Crippen MR) is 106 cm³/mol. The largest absolute Gasteiger partial charge is 0.384 e. The van der Waals surface area contributed by atoms with Gasteiger partial charge in [0.05, 0.1) is 0 Å². The Labute approximate surface area is 154 Å². The van der Waals surface area contributed by atoms with E-state index >= 15 is 0 Å². The van der Waals surface area contributed by atoms with Crippen LogP contribution in [-0.2, 0) is 4.79 Å². The molecule has 1 amide bonds. The van der Waals surface area contributed by atoms with Crippen LogP contribution in [0, 0.1) is 0 Å². The van der Waals surface area contributed by atoms with Gasteiger partial charge in [0.2, 0.25) is 5.91 Å². The number of carbonyl (C=O) groups is 1. The summed E-state index contributed by atoms with van der Waals surface area (Å²) in [5, 5.41) is 2.93. The Hall–Kier alpha value is -2.86. The zero-order valence-corrected chi connectivity index (χ0v) is 14.8. The number of benzene rings is 1. The fraction of sp³-hybridized carbons (Fsp3) is 0.300. The Bertz CT molecular complexity index is 722. The van der Waals surface area contributed by atoms with Crippen LogP contribution >= 0.6 is 0 Å². The van der Waals surface area contributed by atoms with Gasteiger partial charge < -0.3 is 16.0 Å². The minimum absolute atomic E-state index is 0.0928. The smallest absolute Gasteiger partial charge is 0.244 e. The molecule has 3 rings (SSSR count). The average Bonchev–Trinajstić information content (AvgIpc) is 2.69. The van der Waals surface area contributed by atoms with Gasteiger partial charge in [-0.15, -0.1) is 0 Å². The van der Waals surface area contributed by atoms with Gasteiger partial charge >= 0.3 is 0 Å². The number of nitrogens with one attached hydrogen (secondary N) is 1. The molecule has 0 unspecified atom stereocenters. The summed E-state index contributed by atoms with van der Waals surface area (Å²) < 4.78 is 0. The van der Waals surface area contributed by atoms with Gasteiger partial charge in [0.25, 0.3) is 0 Å². The minimum atomic E-state index is -0.0928. The number of nitrogen functional groups attached to an aromatic ring is 1. The zero-order chi connectivity index (χ0) is 18.2. The third-order valence-electron chi connectivity index (χ3n) is 4.46. The molecule has 0 spiro atoms. The second-order valence-corrected chi connectivity index (χ2v) is 6.30. The molecule has 26 heavy (non-hydrogen) atoms. The number of nitrogens with two attached hydrogens (primary N) is 1. The zero-order valence-electron chi connectivity index (χ0n) is 14.8. The van der Waals surface area contributed by atoms with Crippen molar-refractivity contribution in [1.82, 2.24) is 15.2 Å². The van der Waals surface area contributed by atoms with Crippen LogP contribution in [0.25, 0.3) is 6.08 Å². The lowest BCUT2D eigenvalue weighted by Crippen LogP contribution is -2.48. The number of para-hydroxylation sites is 1. The second kappa shape index (κ2) is 9.01. The van der Waals surface area contributed by atoms with E-state index in [0.717, 1.165) is 38.3 Å². The lowest BCUT2D eigenvalue weighted by Gasteiger charge is -2.36. The first-order chi connectivity index (χ1) is 12.7. The fourth-order valence-corrected chi connectivity index (χ4v) is 2.95. The summed E-state index contributed by atoms with van der Waals surface area (Å²) >= 11 is 0. The number of rotatable bonds is 6. The molecule has 1 aromatic heterocycles. The summed E-state index contributed by atoms with van der Waals surface area (Å²) in [5.74, 6) is 0.378. The van der Waals surface area contributed by atoms with Crippen LogP contribution < -0.4 is 16.0 Å². The molecule has 1 aliphatic heterocycles. The Kier molecular flexibility index (Phi) is 6.22. The van der Waals surface area contributed by atoms with Crippen molar-refractivity contribution < 1.29 is 4.79 Å². The standard InChI is InChI=1S/C20H25N5O/c21-19-8-6-17(16-23-19)7-9-20(26)22-10-11-24-12-14-25(15-13-24)18-4-2-1-3-5-18/h1-9,16H,10-15H2,(H2,21,23)(H,22,26)/b9-7+. The maximum absolute atomic E-state index is 11.9. The van der Waals surface area contributed by atoms with E-state index in [-0.39, 0.29) is 5.91 Å². The van der Waals surface area contributed by atoms with Gasteiger partial charge in [-0.3, -0.25) is 9.69 Å². The van der Waals surface area contributed by atoms with Crippen molar-refractivity contribution in [2.45, 2.75) is 0 Å². The number of nitrogens with zero attached hydrogens (tertiary/aromatic N) is 3. The van der Waals surface area contributed by atoms with Crippen LogP contribution in [-0.4, -0.2) is 55.1 Å². The monoisotopic (exact) mass is 351 g/mol. The summed E-state index contributed by atoms with van der Waals surface area (Å²) in [4.78, 5) is 20.7. The molecule has 1 aromatic carbocycles. The van der Waals surface area contributed by atoms with Gasteiger partial charge in [-0.25, -0.2) is 4.98 Å². The molecule has 6 nitrogen and oxygen atoms in total. The van der Waals surface area contributed by atoms with Crippen LogP contribution in [0.3, 0.4) is 0 Å². The summed E-state index contributed by atoms with van der Waals surface area (Å²) in [5.41, 5.74) is 7.67. The molecule has 3 N–H and O–H groups in total. The van der Waals surface area contributed by atoms with E-state index in [1.165, 1.54) is 11.8 Å². The van der Waals surface area contributed by atoms with Crippen molar-refractivity contribution in [2.75, 3.05) is 49.9 Å². The Morgan fingerprint density at radius 1 is 1.12 bits per heavy atom. The molecule has 0 atom stereocenters. The average molecular weight is 351 g/mol. The third-order valence-corrected chi connectivity index (χ3v) is 4.46. The maximum atomic E-state index is 11.9. The first kappa shape index (κ1) is 17.9. The molecule has 1 fully saturated rings. The molecule has 2 heterocycles. The Morgan fingerprint density at radius 3 is 2.58 bits per heavy atom. The fourth-order valence-electron chi connectivity index (χ4n) is 2.95. The molecule has 2 aromatic rings. The van der Waals surface area contributed by atoms with Crippen LogP contribution in [0.15, 0.2) is 54.7 Å². The van der Waals surface area contributed by atoms with Crippen molar-refractivity contribution in [3.05, 3.63) is 60.3 Å². The number of piperazine rings is 1. The van der Waals surface area contributed by atoms with E-state index in [2.05, 4.69) is 44.4 Å². The van der Waals surface area contributed by atoms with Gasteiger partial charge in [0, 0.05) is 57.2 Å². The highest BCUT2D eigenvalue weighted by molar-refractivity contribution is 5.91. The topological polar surface area (TPSA) is 74.5 Å². The van der Waals surface area contributed by atoms with E-state index in [1.807, 2.05) is 12.1 Å². The predicted octanol–water partition coefficient (Wildman–Crippen LogP) is 1.62. The molecular formula is C20H25N5O. The molecule has 1 saturated heterocycles. The molecule has 0 aliphatic carbocycles. The Morgan fingerprint density at radius 2 is 1.88 bits per heavy atom. The van der Waals surface area contributed by atoms with E-state index in [4.69, 9.17) is 5.73 Å². The first-order valence-corrected chi connectivity index (χ1v) is 8.90. The van der Waals surface area contributed by atoms with Crippen LogP contribution in [0.5, 0.6) is 0 Å². The summed E-state index contributed by atoms with van der Waals surface area (Å²) in [6, 6.07) is 14.0. The second-order valence-electron chi connectivity index (χ2n) is 6.30. The van der Waals surface area contributed by atoms with E-state index in [1.54, 1.807) is 18.3 Å². The SMILES string of the molecule is Nc1ccc(/C=C/C(=O)NCCN2CCN(c3ccccc3)CC2)cn1. The van der Waals surface area contributed by atoms with Gasteiger partial charge in [0.1, 0.15) is 5.82 Å². The molecule has 0 radical (unpaired) electrons. The number of pyridine rings is 1. The molecule has 136 valence electrons. The number of hydrogen-bond donors (Lipinski definition) is 2. The Balaban J connectivity index is 1.35. The van der Waals surface area contributed by atoms with Gasteiger partial charge in [-0.1, -0.05) is 18.2 Å². The van der Waals surface area contributed by atoms with Crippen molar-refractivity contribution in [3.63, 3.8) is 0 Å². The first-order valence-electron chi connectivity index (χ1n) is 8.90. The molecule has 0 saturated carbocycles. The van der Waals surface area contributed by atoms with Crippen LogP contribution in [0.1, 0.15) is 5.56 Å². The van der Waals surface area contributed by atoms with Gasteiger partial charge in [0.15, 0.2) is 0 Å². The van der Waals surface area contributed by atoms with E-state index in [0.29, 0.717) is 12.4 Å². The van der Waals surface area contributed by atoms with Gasteiger partial charge in [-0.05, 0) is 35.9 Å². The van der Waals surface area contributed by atoms with Crippen molar-refractivity contribution in [3.8, 4) is 0 Å². The number of anilines is 2. The summed E-state index contributed by atoms with van der Waals surface area (Å²) in [6.07, 6.45) is 4.91. The van der Waals surface area contributed by atoms with Crippen molar-refractivity contribution in [1.29, 1.82) is 0 Å². The third kappa shape index (κ3) is 5.32. The summed E-state index contributed by atoms with van der Waals surface area (Å²) in [7, 11) is 0. The summed E-state index contributed by atoms with van der Waals surface area (Å²) in [6.45, 7) is 5.57. The lowest BCUT2D eigenvalue weighted by molar-refractivity contribution is -0.116. The molecule has 6 heteroatoms. The molecular weight excluding hydrogens is 326 g/mol.